The van der Waals surface area contributed by atoms with E-state index in [0.717, 1.165) is 25.0 Å². The van der Waals surface area contributed by atoms with Crippen molar-refractivity contribution in [2.24, 2.45) is 5.73 Å². The van der Waals surface area contributed by atoms with E-state index < -0.39 is 29.0 Å². The lowest BCUT2D eigenvalue weighted by molar-refractivity contribution is -0.140. The Bertz CT molecular complexity index is 528. The van der Waals surface area contributed by atoms with Crippen LogP contribution in [0.15, 0.2) is 18.2 Å². The average Bonchev–Trinajstić information content (AvgIpc) is 2.40. The molecule has 2 rings (SSSR count). The largest absolute Gasteiger partial charge is 0.419 e. The summed E-state index contributed by atoms with van der Waals surface area (Å²) in [6, 6.07) is 2.60. The lowest BCUT2D eigenvalue weighted by Gasteiger charge is -2.27. The van der Waals surface area contributed by atoms with Crippen LogP contribution in [0.25, 0.3) is 0 Å². The van der Waals surface area contributed by atoms with Gasteiger partial charge in [0, 0.05) is 12.1 Å². The fourth-order valence-electron chi connectivity index (χ4n) is 2.45. The van der Waals surface area contributed by atoms with Crippen molar-refractivity contribution in [3.05, 3.63) is 35.1 Å². The van der Waals surface area contributed by atoms with Gasteiger partial charge in [-0.25, -0.2) is 4.39 Å². The van der Waals surface area contributed by atoms with Gasteiger partial charge in [0.15, 0.2) is 0 Å². The first-order chi connectivity index (χ1) is 9.79. The smallest absolute Gasteiger partial charge is 0.349 e. The van der Waals surface area contributed by atoms with E-state index in [1.54, 1.807) is 0 Å². The standard InChI is InChI=1S/C14H16F4N2O.ClH/c15-12-10(2-1-3-11(12)14(16,17)18)13(21)20-9-6-4-8(19)5-7-9;/h1-3,8-9H,4-7,19H2,(H,20,21);1H. The zero-order valence-corrected chi connectivity index (χ0v) is 12.4. The molecular weight excluding hydrogens is 324 g/mol. The van der Waals surface area contributed by atoms with E-state index in [1.807, 2.05) is 0 Å². The lowest BCUT2D eigenvalue weighted by atomic mass is 9.91. The Balaban J connectivity index is 0.00000242. The molecule has 1 aromatic carbocycles. The van der Waals surface area contributed by atoms with Crippen molar-refractivity contribution in [2.75, 3.05) is 0 Å². The third-order valence-electron chi connectivity index (χ3n) is 3.66. The van der Waals surface area contributed by atoms with Crippen LogP contribution in [0.5, 0.6) is 0 Å². The first-order valence-corrected chi connectivity index (χ1v) is 6.71. The van der Waals surface area contributed by atoms with E-state index in [0.29, 0.717) is 18.9 Å². The fourth-order valence-corrected chi connectivity index (χ4v) is 2.45. The Hall–Kier alpha value is -1.34. The van der Waals surface area contributed by atoms with Crippen molar-refractivity contribution in [1.82, 2.24) is 5.32 Å². The number of nitrogens with two attached hydrogens (primary N) is 1. The molecule has 3 nitrogen and oxygen atoms in total. The third kappa shape index (κ3) is 4.33. The van der Waals surface area contributed by atoms with Crippen LogP contribution in [0.2, 0.25) is 0 Å². The van der Waals surface area contributed by atoms with Gasteiger partial charge in [0.25, 0.3) is 5.91 Å². The fraction of sp³-hybridized carbons (Fsp3) is 0.500. The lowest BCUT2D eigenvalue weighted by Crippen LogP contribution is -2.40. The molecule has 0 spiro atoms. The molecule has 1 aromatic rings. The summed E-state index contributed by atoms with van der Waals surface area (Å²) >= 11 is 0. The Labute approximate surface area is 131 Å². The molecule has 3 N–H and O–H groups in total. The molecule has 124 valence electrons. The second kappa shape index (κ2) is 7.28. The number of hydrogen-bond donors (Lipinski definition) is 2. The molecule has 1 saturated carbocycles. The number of nitrogens with one attached hydrogen (secondary N) is 1. The van der Waals surface area contributed by atoms with Gasteiger partial charge in [-0.1, -0.05) is 6.07 Å². The van der Waals surface area contributed by atoms with Gasteiger partial charge in [-0.15, -0.1) is 12.4 Å². The van der Waals surface area contributed by atoms with Gasteiger partial charge in [-0.05, 0) is 37.8 Å². The predicted molar refractivity (Wildman–Crippen MR) is 76.3 cm³/mol. The summed E-state index contributed by atoms with van der Waals surface area (Å²) in [7, 11) is 0. The predicted octanol–water partition coefficient (Wildman–Crippen LogP) is 3.27. The second-order valence-electron chi connectivity index (χ2n) is 5.25. The normalized spacial score (nSPS) is 21.9. The van der Waals surface area contributed by atoms with Gasteiger partial charge in [-0.2, -0.15) is 13.2 Å². The van der Waals surface area contributed by atoms with Crippen molar-refractivity contribution in [1.29, 1.82) is 0 Å². The van der Waals surface area contributed by atoms with Crippen molar-refractivity contribution in [3.8, 4) is 0 Å². The van der Waals surface area contributed by atoms with Gasteiger partial charge in [0.05, 0.1) is 11.1 Å². The quantitative estimate of drug-likeness (QED) is 0.812. The first kappa shape index (κ1) is 18.7. The maximum Gasteiger partial charge on any atom is 0.419 e. The number of carbonyl (C=O) groups excluding carboxylic acids is 1. The van der Waals surface area contributed by atoms with Crippen LogP contribution < -0.4 is 11.1 Å². The molecule has 1 aliphatic carbocycles. The highest BCUT2D eigenvalue weighted by atomic mass is 35.5. The Kier molecular flexibility index (Phi) is 6.19. The molecule has 8 heteroatoms. The molecule has 0 unspecified atom stereocenters. The van der Waals surface area contributed by atoms with Gasteiger partial charge >= 0.3 is 6.18 Å². The summed E-state index contributed by atoms with van der Waals surface area (Å²) in [6.07, 6.45) is -2.06. The summed E-state index contributed by atoms with van der Waals surface area (Å²) < 4.78 is 51.7. The van der Waals surface area contributed by atoms with E-state index in [9.17, 15) is 22.4 Å². The van der Waals surface area contributed by atoms with Crippen LogP contribution in [0.4, 0.5) is 17.6 Å². The van der Waals surface area contributed by atoms with E-state index in [1.165, 1.54) is 0 Å². The van der Waals surface area contributed by atoms with Crippen LogP contribution in [-0.4, -0.2) is 18.0 Å². The molecule has 22 heavy (non-hydrogen) atoms. The van der Waals surface area contributed by atoms with E-state index >= 15 is 0 Å². The van der Waals surface area contributed by atoms with Crippen LogP contribution in [0.3, 0.4) is 0 Å². The molecule has 1 amide bonds. The van der Waals surface area contributed by atoms with Gasteiger partial charge in [-0.3, -0.25) is 4.79 Å². The van der Waals surface area contributed by atoms with E-state index in [-0.39, 0.29) is 24.5 Å². The Morgan fingerprint density at radius 3 is 2.32 bits per heavy atom. The molecular formula is C14H17ClF4N2O. The first-order valence-electron chi connectivity index (χ1n) is 6.71. The number of hydrogen-bond acceptors (Lipinski definition) is 2. The Morgan fingerprint density at radius 1 is 1.18 bits per heavy atom. The molecule has 0 aliphatic heterocycles. The summed E-state index contributed by atoms with van der Waals surface area (Å²) in [5.74, 6) is -2.35. The van der Waals surface area contributed by atoms with E-state index in [2.05, 4.69) is 5.32 Å². The van der Waals surface area contributed by atoms with E-state index in [4.69, 9.17) is 5.73 Å². The number of carbonyl (C=O) groups is 1. The van der Waals surface area contributed by atoms with Crippen LogP contribution in [0.1, 0.15) is 41.6 Å². The maximum atomic E-state index is 13.8. The summed E-state index contributed by atoms with van der Waals surface area (Å²) in [6.45, 7) is 0. The topological polar surface area (TPSA) is 55.1 Å². The van der Waals surface area contributed by atoms with Gasteiger partial charge in [0.1, 0.15) is 5.82 Å². The van der Waals surface area contributed by atoms with Crippen LogP contribution >= 0.6 is 12.4 Å². The number of benzene rings is 1. The van der Waals surface area contributed by atoms with Gasteiger partial charge in [0.2, 0.25) is 0 Å². The number of amides is 1. The molecule has 0 saturated heterocycles. The summed E-state index contributed by atoms with van der Waals surface area (Å²) in [4.78, 5) is 11.9. The SMILES string of the molecule is Cl.NC1CCC(NC(=O)c2cccc(C(F)(F)F)c2F)CC1. The molecule has 1 aliphatic rings. The van der Waals surface area contributed by atoms with Crippen molar-refractivity contribution in [2.45, 2.75) is 43.9 Å². The highest BCUT2D eigenvalue weighted by molar-refractivity contribution is 5.94. The van der Waals surface area contributed by atoms with Crippen molar-refractivity contribution >= 4 is 18.3 Å². The second-order valence-corrected chi connectivity index (χ2v) is 5.25. The summed E-state index contributed by atoms with van der Waals surface area (Å²) in [5.41, 5.74) is 3.72. The zero-order chi connectivity index (χ0) is 15.6. The highest BCUT2D eigenvalue weighted by Gasteiger charge is 2.36. The molecule has 1 fully saturated rings. The van der Waals surface area contributed by atoms with Crippen molar-refractivity contribution < 1.29 is 22.4 Å². The minimum absolute atomic E-state index is 0. The average molecular weight is 341 g/mol. The van der Waals surface area contributed by atoms with Gasteiger partial charge < -0.3 is 11.1 Å². The molecule has 0 heterocycles. The minimum Gasteiger partial charge on any atom is -0.349 e. The highest BCUT2D eigenvalue weighted by Crippen LogP contribution is 2.32. The van der Waals surface area contributed by atoms with Crippen LogP contribution in [-0.2, 0) is 6.18 Å². The number of alkyl halides is 3. The minimum atomic E-state index is -4.82. The molecule has 0 atom stereocenters. The monoisotopic (exact) mass is 340 g/mol. The zero-order valence-electron chi connectivity index (χ0n) is 11.6. The molecule has 0 radical (unpaired) electrons. The third-order valence-corrected chi connectivity index (χ3v) is 3.66. The van der Waals surface area contributed by atoms with Crippen molar-refractivity contribution in [3.63, 3.8) is 0 Å². The summed E-state index contributed by atoms with van der Waals surface area (Å²) in [5, 5.41) is 2.57. The van der Waals surface area contributed by atoms with Crippen LogP contribution in [0, 0.1) is 5.82 Å². The molecule has 0 aromatic heterocycles. The maximum absolute atomic E-state index is 13.8. The number of halogens is 5. The number of rotatable bonds is 2. The molecule has 0 bridgehead atoms. The Morgan fingerprint density at radius 2 is 1.77 bits per heavy atom.